The number of amides is 1. The molecule has 0 saturated heterocycles. The van der Waals surface area contributed by atoms with E-state index in [0.717, 1.165) is 11.1 Å². The van der Waals surface area contributed by atoms with Crippen LogP contribution < -0.4 is 5.43 Å². The van der Waals surface area contributed by atoms with Crippen LogP contribution in [0.2, 0.25) is 0 Å². The van der Waals surface area contributed by atoms with Crippen molar-refractivity contribution in [2.24, 2.45) is 5.10 Å². The predicted octanol–water partition coefficient (Wildman–Crippen LogP) is 2.81. The number of aromatic nitrogens is 2. The fourth-order valence-electron chi connectivity index (χ4n) is 2.10. The number of rotatable bonds is 4. The van der Waals surface area contributed by atoms with Crippen LogP contribution in [0.3, 0.4) is 0 Å². The molecule has 0 atom stereocenters. The lowest BCUT2D eigenvalue weighted by Crippen LogP contribution is -2.18. The second-order valence-electron chi connectivity index (χ2n) is 4.81. The number of pyridine rings is 1. The number of hydrogen-bond acceptors (Lipinski definition) is 5. The zero-order valence-electron chi connectivity index (χ0n) is 12.4. The Morgan fingerprint density at radius 1 is 1.17 bits per heavy atom. The van der Waals surface area contributed by atoms with Crippen LogP contribution in [0.15, 0.2) is 64.5 Å². The minimum absolute atomic E-state index is 0.368. The summed E-state index contributed by atoms with van der Waals surface area (Å²) in [6.45, 7) is 1.70. The number of aryl methyl sites for hydroxylation is 1. The highest BCUT2D eigenvalue weighted by Crippen LogP contribution is 2.24. The summed E-state index contributed by atoms with van der Waals surface area (Å²) in [5, 5.41) is 7.93. The Morgan fingerprint density at radius 3 is 2.65 bits per heavy atom. The smallest absolute Gasteiger partial charge is 0.277 e. The van der Waals surface area contributed by atoms with E-state index < -0.39 is 0 Å². The Kier molecular flexibility index (Phi) is 4.24. The lowest BCUT2D eigenvalue weighted by molar-refractivity contribution is 0.0954. The minimum atomic E-state index is -0.368. The van der Waals surface area contributed by atoms with Crippen LogP contribution in [0.5, 0.6) is 0 Å². The summed E-state index contributed by atoms with van der Waals surface area (Å²) in [6.07, 6.45) is 4.85. The molecule has 3 aromatic rings. The van der Waals surface area contributed by atoms with Crippen molar-refractivity contribution < 1.29 is 9.32 Å². The van der Waals surface area contributed by atoms with Crippen molar-refractivity contribution in [3.8, 4) is 11.3 Å². The van der Waals surface area contributed by atoms with E-state index in [1.807, 2.05) is 30.3 Å². The third-order valence-corrected chi connectivity index (χ3v) is 3.22. The van der Waals surface area contributed by atoms with Crippen LogP contribution in [0, 0.1) is 6.92 Å². The number of hydrazone groups is 1. The van der Waals surface area contributed by atoms with Gasteiger partial charge in [-0.2, -0.15) is 5.10 Å². The topological polar surface area (TPSA) is 80.4 Å². The fourth-order valence-corrected chi connectivity index (χ4v) is 2.10. The third-order valence-electron chi connectivity index (χ3n) is 3.22. The summed E-state index contributed by atoms with van der Waals surface area (Å²) in [6, 6.07) is 13.0. The van der Waals surface area contributed by atoms with E-state index >= 15 is 0 Å². The van der Waals surface area contributed by atoms with E-state index in [-0.39, 0.29) is 5.91 Å². The van der Waals surface area contributed by atoms with Crippen molar-refractivity contribution in [3.63, 3.8) is 0 Å². The van der Waals surface area contributed by atoms with Crippen molar-refractivity contribution in [2.75, 3.05) is 0 Å². The largest absolute Gasteiger partial charge is 0.360 e. The molecule has 114 valence electrons. The molecule has 0 unspecified atom stereocenters. The highest BCUT2D eigenvalue weighted by Gasteiger charge is 2.21. The lowest BCUT2D eigenvalue weighted by atomic mass is 10.1. The zero-order valence-corrected chi connectivity index (χ0v) is 12.4. The first-order valence-electron chi connectivity index (χ1n) is 7.01. The summed E-state index contributed by atoms with van der Waals surface area (Å²) >= 11 is 0. The first kappa shape index (κ1) is 14.6. The fraction of sp³-hybridized carbons (Fsp3) is 0.0588. The van der Waals surface area contributed by atoms with Gasteiger partial charge in [-0.15, -0.1) is 0 Å². The van der Waals surface area contributed by atoms with E-state index in [1.165, 1.54) is 0 Å². The second kappa shape index (κ2) is 6.65. The van der Waals surface area contributed by atoms with Gasteiger partial charge in [-0.05, 0) is 24.6 Å². The monoisotopic (exact) mass is 306 g/mol. The molecular weight excluding hydrogens is 292 g/mol. The van der Waals surface area contributed by atoms with Crippen molar-refractivity contribution in [2.45, 2.75) is 6.92 Å². The van der Waals surface area contributed by atoms with Crippen LogP contribution >= 0.6 is 0 Å². The van der Waals surface area contributed by atoms with E-state index in [4.69, 9.17) is 4.52 Å². The first-order chi connectivity index (χ1) is 11.3. The van der Waals surface area contributed by atoms with Crippen molar-refractivity contribution in [1.82, 2.24) is 15.6 Å². The van der Waals surface area contributed by atoms with Crippen LogP contribution in [0.4, 0.5) is 0 Å². The molecular formula is C17H14N4O2. The van der Waals surface area contributed by atoms with Gasteiger partial charge in [0, 0.05) is 18.0 Å². The van der Waals surface area contributed by atoms with Gasteiger partial charge in [-0.25, -0.2) is 5.43 Å². The molecule has 0 radical (unpaired) electrons. The SMILES string of the molecule is Cc1onc(-c2ccccc2)c1C(=O)N/N=C\c1ccncc1. The Labute approximate surface area is 132 Å². The normalized spacial score (nSPS) is 10.8. The Morgan fingerprint density at radius 2 is 1.91 bits per heavy atom. The number of benzene rings is 1. The summed E-state index contributed by atoms with van der Waals surface area (Å²) in [7, 11) is 0. The standard InChI is InChI=1S/C17H14N4O2/c1-12-15(16(21-23-12)14-5-3-2-4-6-14)17(22)20-19-11-13-7-9-18-10-8-13/h2-11H,1H3,(H,20,22)/b19-11-. The molecule has 0 fully saturated rings. The van der Waals surface area contributed by atoms with Crippen LogP contribution in [0.25, 0.3) is 11.3 Å². The molecule has 0 aliphatic rings. The van der Waals surface area contributed by atoms with Gasteiger partial charge in [0.25, 0.3) is 5.91 Å². The van der Waals surface area contributed by atoms with Gasteiger partial charge in [0.15, 0.2) is 0 Å². The van der Waals surface area contributed by atoms with Crippen LogP contribution in [0.1, 0.15) is 21.7 Å². The van der Waals surface area contributed by atoms with Gasteiger partial charge < -0.3 is 4.52 Å². The van der Waals surface area contributed by atoms with Gasteiger partial charge in [0.1, 0.15) is 17.0 Å². The number of carbonyl (C=O) groups excluding carboxylic acids is 1. The predicted molar refractivity (Wildman–Crippen MR) is 86.0 cm³/mol. The molecule has 23 heavy (non-hydrogen) atoms. The molecule has 0 aliphatic heterocycles. The number of hydrogen-bond donors (Lipinski definition) is 1. The molecule has 0 spiro atoms. The Bertz CT molecular complexity index is 826. The van der Waals surface area contributed by atoms with E-state index in [1.54, 1.807) is 37.7 Å². The highest BCUT2D eigenvalue weighted by molar-refractivity contribution is 6.01. The maximum absolute atomic E-state index is 12.4. The van der Waals surface area contributed by atoms with Crippen molar-refractivity contribution >= 4 is 12.1 Å². The van der Waals surface area contributed by atoms with Gasteiger partial charge in [-0.1, -0.05) is 35.5 Å². The lowest BCUT2D eigenvalue weighted by Gasteiger charge is -2.01. The van der Waals surface area contributed by atoms with Crippen molar-refractivity contribution in [3.05, 3.63) is 71.7 Å². The highest BCUT2D eigenvalue weighted by atomic mass is 16.5. The molecule has 0 aliphatic carbocycles. The quantitative estimate of drug-likeness (QED) is 0.593. The summed E-state index contributed by atoms with van der Waals surface area (Å²) < 4.78 is 5.16. The van der Waals surface area contributed by atoms with E-state index in [9.17, 15) is 4.79 Å². The number of nitrogens with one attached hydrogen (secondary N) is 1. The van der Waals surface area contributed by atoms with E-state index in [2.05, 4.69) is 20.7 Å². The second-order valence-corrected chi connectivity index (χ2v) is 4.81. The van der Waals surface area contributed by atoms with Crippen LogP contribution in [-0.2, 0) is 0 Å². The summed E-state index contributed by atoms with van der Waals surface area (Å²) in [4.78, 5) is 16.3. The van der Waals surface area contributed by atoms with Gasteiger partial charge >= 0.3 is 0 Å². The van der Waals surface area contributed by atoms with Crippen molar-refractivity contribution in [1.29, 1.82) is 0 Å². The van der Waals surface area contributed by atoms with Gasteiger partial charge in [0.05, 0.1) is 6.21 Å². The molecule has 2 heterocycles. The molecule has 0 saturated carbocycles. The molecule has 1 N–H and O–H groups in total. The maximum Gasteiger partial charge on any atom is 0.277 e. The molecule has 0 bridgehead atoms. The average molecular weight is 306 g/mol. The van der Waals surface area contributed by atoms with Gasteiger partial charge in [-0.3, -0.25) is 9.78 Å². The maximum atomic E-state index is 12.4. The van der Waals surface area contributed by atoms with E-state index in [0.29, 0.717) is 17.0 Å². The Balaban J connectivity index is 1.80. The first-order valence-corrected chi connectivity index (χ1v) is 7.01. The zero-order chi connectivity index (χ0) is 16.1. The third kappa shape index (κ3) is 3.32. The summed E-state index contributed by atoms with van der Waals surface area (Å²) in [5.74, 6) is 0.0772. The summed E-state index contributed by atoms with van der Waals surface area (Å²) in [5.41, 5.74) is 5.02. The molecule has 3 rings (SSSR count). The van der Waals surface area contributed by atoms with Gasteiger partial charge in [0.2, 0.25) is 0 Å². The molecule has 1 amide bonds. The molecule has 2 aromatic heterocycles. The number of carbonyl (C=O) groups is 1. The minimum Gasteiger partial charge on any atom is -0.360 e. The molecule has 6 nitrogen and oxygen atoms in total. The molecule has 1 aromatic carbocycles. The molecule has 6 heteroatoms. The van der Waals surface area contributed by atoms with Crippen LogP contribution in [-0.4, -0.2) is 22.3 Å². The Hall–Kier alpha value is -3.28. The number of nitrogens with zero attached hydrogens (tertiary/aromatic N) is 3. The average Bonchev–Trinajstić information content (AvgIpc) is 2.98.